The third-order valence-electron chi connectivity index (χ3n) is 2.95. The predicted octanol–water partition coefficient (Wildman–Crippen LogP) is 2.83. The van der Waals surface area contributed by atoms with E-state index in [4.69, 9.17) is 0 Å². The van der Waals surface area contributed by atoms with E-state index in [1.807, 2.05) is 25.1 Å². The molecule has 0 radical (unpaired) electrons. The number of hydrogen-bond acceptors (Lipinski definition) is 5. The van der Waals surface area contributed by atoms with Crippen LogP contribution < -0.4 is 5.32 Å². The molecular weight excluding hydrogens is 354 g/mol. The standard InChI is InChI=1S/C13H12BrN5OS/c1-8-2-3-9(6-10(8)14)16-11(20)4-5-12-18-19-7-15-17-13(19)21-12/h2-3,6-7H,4-5H2,1H3,(H,16,20). The maximum Gasteiger partial charge on any atom is 0.234 e. The van der Waals surface area contributed by atoms with Gasteiger partial charge in [-0.3, -0.25) is 4.79 Å². The van der Waals surface area contributed by atoms with Gasteiger partial charge in [0.25, 0.3) is 0 Å². The van der Waals surface area contributed by atoms with E-state index in [1.54, 1.807) is 10.8 Å². The molecule has 0 bridgehead atoms. The number of hydrogen-bond donors (Lipinski definition) is 1. The van der Waals surface area contributed by atoms with Gasteiger partial charge in [0.2, 0.25) is 10.9 Å². The summed E-state index contributed by atoms with van der Waals surface area (Å²) in [5.41, 5.74) is 1.92. The Balaban J connectivity index is 1.58. The summed E-state index contributed by atoms with van der Waals surface area (Å²) in [6.45, 7) is 2.00. The van der Waals surface area contributed by atoms with Gasteiger partial charge in [0.15, 0.2) is 0 Å². The van der Waals surface area contributed by atoms with Crippen LogP contribution in [0.1, 0.15) is 17.0 Å². The van der Waals surface area contributed by atoms with E-state index in [2.05, 4.69) is 36.5 Å². The molecule has 3 rings (SSSR count). The van der Waals surface area contributed by atoms with Gasteiger partial charge in [-0.2, -0.15) is 9.61 Å². The molecule has 0 aliphatic rings. The van der Waals surface area contributed by atoms with E-state index < -0.39 is 0 Å². The van der Waals surface area contributed by atoms with Crippen LogP contribution in [-0.2, 0) is 11.2 Å². The number of rotatable bonds is 4. The van der Waals surface area contributed by atoms with Crippen LogP contribution in [0.15, 0.2) is 29.0 Å². The first-order valence-electron chi connectivity index (χ1n) is 6.33. The van der Waals surface area contributed by atoms with Crippen molar-refractivity contribution in [3.63, 3.8) is 0 Å². The molecule has 21 heavy (non-hydrogen) atoms. The van der Waals surface area contributed by atoms with Gasteiger partial charge in [0, 0.05) is 23.0 Å². The number of carbonyl (C=O) groups is 1. The molecule has 108 valence electrons. The quantitative estimate of drug-likeness (QED) is 0.771. The Morgan fingerprint density at radius 3 is 3.10 bits per heavy atom. The lowest BCUT2D eigenvalue weighted by atomic mass is 10.2. The second-order valence-corrected chi connectivity index (χ2v) is 6.46. The van der Waals surface area contributed by atoms with E-state index in [9.17, 15) is 4.79 Å². The molecule has 0 unspecified atom stereocenters. The third kappa shape index (κ3) is 3.27. The van der Waals surface area contributed by atoms with Crippen molar-refractivity contribution < 1.29 is 4.79 Å². The second-order valence-electron chi connectivity index (χ2n) is 4.57. The lowest BCUT2D eigenvalue weighted by Gasteiger charge is -2.06. The zero-order valence-corrected chi connectivity index (χ0v) is 13.6. The number of halogens is 1. The summed E-state index contributed by atoms with van der Waals surface area (Å²) in [7, 11) is 0. The SMILES string of the molecule is Cc1ccc(NC(=O)CCc2nn3cnnc3s2)cc1Br. The van der Waals surface area contributed by atoms with Crippen LogP contribution in [0.5, 0.6) is 0 Å². The van der Waals surface area contributed by atoms with Gasteiger partial charge in [-0.1, -0.05) is 33.3 Å². The fourth-order valence-corrected chi connectivity index (χ4v) is 3.01. The summed E-state index contributed by atoms with van der Waals surface area (Å²) in [6.07, 6.45) is 2.53. The number of anilines is 1. The molecule has 1 amide bonds. The van der Waals surface area contributed by atoms with Crippen molar-refractivity contribution in [2.75, 3.05) is 5.32 Å². The first-order valence-corrected chi connectivity index (χ1v) is 7.94. The number of aromatic nitrogens is 4. The van der Waals surface area contributed by atoms with Gasteiger partial charge in [-0.25, -0.2) is 0 Å². The van der Waals surface area contributed by atoms with Gasteiger partial charge in [0.1, 0.15) is 11.3 Å². The summed E-state index contributed by atoms with van der Waals surface area (Å²) >= 11 is 4.90. The summed E-state index contributed by atoms with van der Waals surface area (Å²) in [4.78, 5) is 12.7. The smallest absolute Gasteiger partial charge is 0.234 e. The van der Waals surface area contributed by atoms with Crippen molar-refractivity contribution in [2.24, 2.45) is 0 Å². The molecule has 0 atom stereocenters. The van der Waals surface area contributed by atoms with Crippen LogP contribution in [0.4, 0.5) is 5.69 Å². The lowest BCUT2D eigenvalue weighted by Crippen LogP contribution is -2.12. The first kappa shape index (κ1) is 14.2. The van der Waals surface area contributed by atoms with Crippen LogP contribution in [0.2, 0.25) is 0 Å². The Labute approximate surface area is 133 Å². The Morgan fingerprint density at radius 1 is 1.48 bits per heavy atom. The largest absolute Gasteiger partial charge is 0.326 e. The molecule has 0 fully saturated rings. The molecule has 3 aromatic rings. The number of amides is 1. The number of aryl methyl sites for hydroxylation is 2. The van der Waals surface area contributed by atoms with Gasteiger partial charge >= 0.3 is 0 Å². The highest BCUT2D eigenvalue weighted by atomic mass is 79.9. The van der Waals surface area contributed by atoms with Crippen LogP contribution >= 0.6 is 27.3 Å². The minimum Gasteiger partial charge on any atom is -0.326 e. The molecule has 2 heterocycles. The molecule has 0 aliphatic carbocycles. The minimum absolute atomic E-state index is 0.0308. The average Bonchev–Trinajstić information content (AvgIpc) is 3.01. The molecule has 1 N–H and O–H groups in total. The molecule has 0 saturated heterocycles. The lowest BCUT2D eigenvalue weighted by molar-refractivity contribution is -0.116. The average molecular weight is 366 g/mol. The Kier molecular flexibility index (Phi) is 3.98. The zero-order chi connectivity index (χ0) is 14.8. The molecule has 0 saturated carbocycles. The fraction of sp³-hybridized carbons (Fsp3) is 0.231. The normalized spacial score (nSPS) is 11.0. The zero-order valence-electron chi connectivity index (χ0n) is 11.2. The van der Waals surface area contributed by atoms with Crippen molar-refractivity contribution in [3.05, 3.63) is 39.6 Å². The Morgan fingerprint density at radius 2 is 2.33 bits per heavy atom. The van der Waals surface area contributed by atoms with Gasteiger partial charge in [-0.15, -0.1) is 10.2 Å². The monoisotopic (exact) mass is 365 g/mol. The van der Waals surface area contributed by atoms with Gasteiger partial charge in [0.05, 0.1) is 0 Å². The Bertz CT molecular complexity index is 768. The summed E-state index contributed by atoms with van der Waals surface area (Å²) in [6, 6.07) is 5.75. The number of benzene rings is 1. The van der Waals surface area contributed by atoms with E-state index in [0.29, 0.717) is 12.8 Å². The van der Waals surface area contributed by atoms with Crippen molar-refractivity contribution in [1.29, 1.82) is 0 Å². The Hall–Kier alpha value is -1.80. The van der Waals surface area contributed by atoms with Crippen molar-refractivity contribution in [2.45, 2.75) is 19.8 Å². The summed E-state index contributed by atoms with van der Waals surface area (Å²) in [5.74, 6) is -0.0308. The highest BCUT2D eigenvalue weighted by Crippen LogP contribution is 2.21. The topological polar surface area (TPSA) is 72.2 Å². The van der Waals surface area contributed by atoms with Gasteiger partial charge in [-0.05, 0) is 24.6 Å². The number of fused-ring (bicyclic) bond motifs is 1. The maximum absolute atomic E-state index is 12.0. The molecule has 0 spiro atoms. The minimum atomic E-state index is -0.0308. The highest BCUT2D eigenvalue weighted by molar-refractivity contribution is 9.10. The fourth-order valence-electron chi connectivity index (χ4n) is 1.82. The number of nitrogens with zero attached hydrogens (tertiary/aromatic N) is 4. The molecule has 1 aromatic carbocycles. The predicted molar refractivity (Wildman–Crippen MR) is 84.5 cm³/mol. The molecule has 6 nitrogen and oxygen atoms in total. The van der Waals surface area contributed by atoms with E-state index in [1.165, 1.54) is 11.3 Å². The van der Waals surface area contributed by atoms with E-state index >= 15 is 0 Å². The van der Waals surface area contributed by atoms with Crippen LogP contribution in [0.3, 0.4) is 0 Å². The molecular formula is C13H12BrN5OS. The summed E-state index contributed by atoms with van der Waals surface area (Å²) in [5, 5.41) is 15.7. The van der Waals surface area contributed by atoms with Crippen LogP contribution in [0, 0.1) is 6.92 Å². The van der Waals surface area contributed by atoms with Gasteiger partial charge < -0.3 is 5.32 Å². The number of carbonyl (C=O) groups excluding carboxylic acids is 1. The summed E-state index contributed by atoms with van der Waals surface area (Å²) < 4.78 is 2.60. The molecule has 2 aromatic heterocycles. The molecule has 0 aliphatic heterocycles. The third-order valence-corrected chi connectivity index (χ3v) is 4.78. The van der Waals surface area contributed by atoms with E-state index in [0.717, 1.165) is 25.7 Å². The van der Waals surface area contributed by atoms with Crippen LogP contribution in [-0.4, -0.2) is 25.7 Å². The molecule has 8 heteroatoms. The van der Waals surface area contributed by atoms with Crippen molar-refractivity contribution in [3.8, 4) is 0 Å². The number of nitrogens with one attached hydrogen (secondary N) is 1. The maximum atomic E-state index is 12.0. The van der Waals surface area contributed by atoms with Crippen molar-refractivity contribution in [1.82, 2.24) is 19.8 Å². The van der Waals surface area contributed by atoms with E-state index in [-0.39, 0.29) is 5.91 Å². The van der Waals surface area contributed by atoms with Crippen molar-refractivity contribution >= 4 is 43.8 Å². The van der Waals surface area contributed by atoms with Crippen LogP contribution in [0.25, 0.3) is 4.96 Å². The first-order chi connectivity index (χ1) is 10.1. The highest BCUT2D eigenvalue weighted by Gasteiger charge is 2.09. The second kappa shape index (κ2) is 5.90.